The monoisotopic (exact) mass is 368 g/mol. The molecule has 0 bridgehead atoms. The molecular weight excluding hydrogens is 340 g/mol. The SMILES string of the molecule is CCN(CC)C(=Nc1ccc(C(C)(C)C)cc1)c1ccccc1C(=O)S. The minimum Gasteiger partial charge on any atom is -0.357 e. The molecule has 0 N–H and O–H groups in total. The summed E-state index contributed by atoms with van der Waals surface area (Å²) in [5.41, 5.74) is 3.65. The molecule has 2 aromatic rings. The third-order valence-corrected chi connectivity index (χ3v) is 4.67. The number of thiol groups is 1. The van der Waals surface area contributed by atoms with Crippen molar-refractivity contribution in [2.75, 3.05) is 13.1 Å². The Labute approximate surface area is 162 Å². The second-order valence-corrected chi connectivity index (χ2v) is 7.66. The van der Waals surface area contributed by atoms with E-state index in [0.717, 1.165) is 30.2 Å². The zero-order valence-electron chi connectivity index (χ0n) is 16.3. The van der Waals surface area contributed by atoms with E-state index in [1.807, 2.05) is 30.3 Å². The van der Waals surface area contributed by atoms with Crippen LogP contribution in [0.4, 0.5) is 5.69 Å². The summed E-state index contributed by atoms with van der Waals surface area (Å²) in [7, 11) is 0. The maximum Gasteiger partial charge on any atom is 0.217 e. The van der Waals surface area contributed by atoms with Crippen molar-refractivity contribution in [1.82, 2.24) is 4.90 Å². The van der Waals surface area contributed by atoms with Gasteiger partial charge in [0.2, 0.25) is 5.12 Å². The van der Waals surface area contributed by atoms with Crippen LogP contribution in [0.25, 0.3) is 0 Å². The molecule has 0 aliphatic rings. The predicted molar refractivity (Wildman–Crippen MR) is 114 cm³/mol. The van der Waals surface area contributed by atoms with Gasteiger partial charge in [-0.15, -0.1) is 12.6 Å². The number of hydrogen-bond acceptors (Lipinski definition) is 2. The van der Waals surface area contributed by atoms with Crippen LogP contribution in [0.15, 0.2) is 53.5 Å². The summed E-state index contributed by atoms with van der Waals surface area (Å²) < 4.78 is 0. The molecule has 3 nitrogen and oxygen atoms in total. The quantitative estimate of drug-likeness (QED) is 0.431. The molecule has 0 spiro atoms. The molecule has 0 aromatic heterocycles. The van der Waals surface area contributed by atoms with Gasteiger partial charge in [-0.2, -0.15) is 0 Å². The van der Waals surface area contributed by atoms with Gasteiger partial charge in [0.1, 0.15) is 5.84 Å². The highest BCUT2D eigenvalue weighted by Crippen LogP contribution is 2.25. The maximum absolute atomic E-state index is 12.0. The van der Waals surface area contributed by atoms with Crippen molar-refractivity contribution in [3.05, 3.63) is 65.2 Å². The molecule has 2 aromatic carbocycles. The molecule has 0 fully saturated rings. The summed E-state index contributed by atoms with van der Waals surface area (Å²) in [6, 6.07) is 15.8. The third-order valence-electron chi connectivity index (χ3n) is 4.43. The first-order valence-corrected chi connectivity index (χ1v) is 9.49. The van der Waals surface area contributed by atoms with Crippen molar-refractivity contribution < 1.29 is 4.79 Å². The molecular formula is C22H28N2OS. The molecule has 0 aliphatic carbocycles. The van der Waals surface area contributed by atoms with Crippen LogP contribution in [0.2, 0.25) is 0 Å². The number of benzene rings is 2. The smallest absolute Gasteiger partial charge is 0.217 e. The lowest BCUT2D eigenvalue weighted by Gasteiger charge is -2.24. The summed E-state index contributed by atoms with van der Waals surface area (Å²) in [5.74, 6) is 0.802. The van der Waals surface area contributed by atoms with E-state index in [0.29, 0.717) is 5.56 Å². The molecule has 0 saturated heterocycles. The summed E-state index contributed by atoms with van der Waals surface area (Å²) in [5, 5.41) is -0.247. The van der Waals surface area contributed by atoms with Crippen LogP contribution in [0.1, 0.15) is 56.1 Å². The second kappa shape index (κ2) is 8.54. The molecule has 0 atom stereocenters. The topological polar surface area (TPSA) is 32.7 Å². The Bertz CT molecular complexity index is 785. The number of rotatable bonds is 5. The van der Waals surface area contributed by atoms with Gasteiger partial charge in [0.05, 0.1) is 5.69 Å². The van der Waals surface area contributed by atoms with E-state index in [9.17, 15) is 4.79 Å². The molecule has 0 amide bonds. The average Bonchev–Trinajstić information content (AvgIpc) is 2.61. The molecule has 2 rings (SSSR count). The van der Waals surface area contributed by atoms with E-state index in [4.69, 9.17) is 4.99 Å². The Morgan fingerprint density at radius 2 is 1.50 bits per heavy atom. The lowest BCUT2D eigenvalue weighted by atomic mass is 9.87. The van der Waals surface area contributed by atoms with Crippen LogP contribution in [0.5, 0.6) is 0 Å². The van der Waals surface area contributed by atoms with Gasteiger partial charge in [-0.1, -0.05) is 51.1 Å². The van der Waals surface area contributed by atoms with Crippen molar-refractivity contribution in [3.8, 4) is 0 Å². The van der Waals surface area contributed by atoms with E-state index in [-0.39, 0.29) is 10.5 Å². The fourth-order valence-corrected chi connectivity index (χ4v) is 3.04. The first-order chi connectivity index (χ1) is 12.3. The third kappa shape index (κ3) is 4.76. The maximum atomic E-state index is 12.0. The second-order valence-electron chi connectivity index (χ2n) is 7.26. The first kappa shape index (κ1) is 20.2. The highest BCUT2D eigenvalue weighted by Gasteiger charge is 2.18. The molecule has 26 heavy (non-hydrogen) atoms. The summed E-state index contributed by atoms with van der Waals surface area (Å²) >= 11 is 4.04. The Kier molecular flexibility index (Phi) is 6.65. The van der Waals surface area contributed by atoms with Crippen molar-refractivity contribution in [2.24, 2.45) is 4.99 Å². The summed E-state index contributed by atoms with van der Waals surface area (Å²) in [6.45, 7) is 12.4. The van der Waals surface area contributed by atoms with E-state index in [1.54, 1.807) is 6.07 Å². The lowest BCUT2D eigenvalue weighted by Crippen LogP contribution is -2.32. The van der Waals surface area contributed by atoms with Gasteiger partial charge in [0, 0.05) is 24.2 Å². The number of carbonyl (C=O) groups excluding carboxylic acids is 1. The van der Waals surface area contributed by atoms with Gasteiger partial charge >= 0.3 is 0 Å². The van der Waals surface area contributed by atoms with Crippen LogP contribution in [0, 0.1) is 0 Å². The van der Waals surface area contributed by atoms with Crippen molar-refractivity contribution in [1.29, 1.82) is 0 Å². The number of carbonyl (C=O) groups is 1. The minimum absolute atomic E-state index is 0.106. The zero-order chi connectivity index (χ0) is 19.3. The standard InChI is InChI=1S/C22H28N2OS/c1-6-24(7-2)20(18-10-8-9-11-19(18)21(25)26)23-17-14-12-16(13-15-17)22(3,4)5/h8-15H,6-7H2,1-5H3,(H,25,26). The summed E-state index contributed by atoms with van der Waals surface area (Å²) in [4.78, 5) is 19.0. The fraction of sp³-hybridized carbons (Fsp3) is 0.364. The Hall–Kier alpha value is -2.07. The summed E-state index contributed by atoms with van der Waals surface area (Å²) in [6.07, 6.45) is 0. The number of nitrogens with zero attached hydrogens (tertiary/aromatic N) is 2. The van der Waals surface area contributed by atoms with E-state index in [1.165, 1.54) is 5.56 Å². The molecule has 0 saturated carbocycles. The van der Waals surface area contributed by atoms with Crippen LogP contribution in [-0.4, -0.2) is 28.9 Å². The van der Waals surface area contributed by atoms with Gasteiger partial charge in [0.25, 0.3) is 0 Å². The predicted octanol–water partition coefficient (Wildman–Crippen LogP) is 5.47. The Morgan fingerprint density at radius 3 is 1.96 bits per heavy atom. The first-order valence-electron chi connectivity index (χ1n) is 9.04. The van der Waals surface area contributed by atoms with E-state index < -0.39 is 0 Å². The number of aliphatic imine (C=N–C) groups is 1. The molecule has 0 unspecified atom stereocenters. The molecule has 0 radical (unpaired) electrons. The number of hydrogen-bond donors (Lipinski definition) is 1. The fourth-order valence-electron chi connectivity index (χ4n) is 2.85. The highest BCUT2D eigenvalue weighted by molar-refractivity contribution is 7.97. The lowest BCUT2D eigenvalue weighted by molar-refractivity contribution is 0.109. The van der Waals surface area contributed by atoms with Gasteiger partial charge in [-0.3, -0.25) is 4.79 Å². The minimum atomic E-state index is -0.247. The van der Waals surface area contributed by atoms with E-state index >= 15 is 0 Å². The van der Waals surface area contributed by atoms with Crippen LogP contribution >= 0.6 is 12.6 Å². The molecule has 138 valence electrons. The van der Waals surface area contributed by atoms with Crippen LogP contribution < -0.4 is 0 Å². The van der Waals surface area contributed by atoms with Crippen molar-refractivity contribution in [2.45, 2.75) is 40.0 Å². The molecule has 0 heterocycles. The van der Waals surface area contributed by atoms with Crippen molar-refractivity contribution in [3.63, 3.8) is 0 Å². The van der Waals surface area contributed by atoms with Gasteiger partial charge in [-0.25, -0.2) is 4.99 Å². The number of amidine groups is 1. The molecule has 4 heteroatoms. The normalized spacial score (nSPS) is 12.2. The van der Waals surface area contributed by atoms with Gasteiger partial charge in [-0.05, 0) is 43.0 Å². The van der Waals surface area contributed by atoms with Crippen LogP contribution in [-0.2, 0) is 5.41 Å². The average molecular weight is 369 g/mol. The van der Waals surface area contributed by atoms with Crippen molar-refractivity contribution >= 4 is 29.3 Å². The highest BCUT2D eigenvalue weighted by atomic mass is 32.1. The zero-order valence-corrected chi connectivity index (χ0v) is 17.2. The molecule has 0 aliphatic heterocycles. The van der Waals surface area contributed by atoms with Gasteiger partial charge < -0.3 is 4.90 Å². The van der Waals surface area contributed by atoms with E-state index in [2.05, 4.69) is 64.3 Å². The van der Waals surface area contributed by atoms with Crippen LogP contribution in [0.3, 0.4) is 0 Å². The Balaban J connectivity index is 2.56. The van der Waals surface area contributed by atoms with Gasteiger partial charge in [0.15, 0.2) is 0 Å². The largest absolute Gasteiger partial charge is 0.357 e. The Morgan fingerprint density at radius 1 is 0.962 bits per heavy atom.